The lowest BCUT2D eigenvalue weighted by molar-refractivity contribution is 0.673. The van der Waals surface area contributed by atoms with Crippen LogP contribution in [0.1, 0.15) is 6.85 Å². The summed E-state index contributed by atoms with van der Waals surface area (Å²) in [4.78, 5) is 36.0. The molecule has 678 valence electrons. The molecule has 32 rings (SSSR count). The highest BCUT2D eigenvalue weighted by molar-refractivity contribution is 7.28. The molecule has 0 amide bonds. The van der Waals surface area contributed by atoms with Crippen LogP contribution in [0.25, 0.3) is 300 Å². The highest BCUT2D eigenvalue weighted by Gasteiger charge is 2.31. The predicted molar refractivity (Wildman–Crippen MR) is 613 cm³/mol. The Bertz CT molecular complexity index is 11400. The highest BCUT2D eigenvalue weighted by atomic mass is 32.1. The van der Waals surface area contributed by atoms with E-state index in [4.69, 9.17) is 46.2 Å². The van der Waals surface area contributed by atoms with Crippen LogP contribution in [-0.4, -0.2) is 48.6 Å². The second-order valence-electron chi connectivity index (χ2n) is 37.1. The van der Waals surface area contributed by atoms with Crippen molar-refractivity contribution in [2.24, 2.45) is 0 Å². The Morgan fingerprint density at radius 3 is 1.05 bits per heavy atom. The fourth-order valence-corrected chi connectivity index (χ4v) is 25.4. The fraction of sp³-hybridized carbons (Fsp3) is 0. The topological polar surface area (TPSA) is 118 Å². The van der Waals surface area contributed by atoms with Gasteiger partial charge in [0, 0.05) is 133 Å². The number of thiophene rings is 2. The maximum atomic E-state index is 8.95. The van der Waals surface area contributed by atoms with Crippen LogP contribution in [0.5, 0.6) is 0 Å². The molecule has 0 spiro atoms. The van der Waals surface area contributed by atoms with Crippen LogP contribution in [-0.2, 0) is 0 Å². The lowest BCUT2D eigenvalue weighted by Crippen LogP contribution is -2.04. The van der Waals surface area contributed by atoms with Crippen molar-refractivity contribution >= 4 is 237 Å². The normalized spacial score (nSPS) is 12.5. The number of para-hydroxylation sites is 7. The van der Waals surface area contributed by atoms with E-state index in [1.165, 1.54) is 111 Å². The quantitative estimate of drug-likeness (QED) is 0.140. The standard InChI is InChI=1S/C53H32N4O.2C40H23N3S/c1-3-13-33(14-4-1)34-23-25-37(26-24-34)52-54-51(36-16-5-2-6-17-36)55-53(56-52)38-27-30-39(31-28-38)57-48-40-18-8-7-15-35(40)29-32-44(48)47-49(57)42-20-10-9-19-41(42)46-43-21-11-12-22-45(43)58-50(46)47;2*1-2-13-25(14-3-1)36-40(42-32-20-10-9-19-31(32)41-36)43-33-21-11-8-18-29(33)35-37(43)28-17-7-6-16-27(28)34-30-23-22-24-12-4-5-15-26(24)38(30)44-39(34)35/h1-32H;2*1-23H/i;1D,2D,3D,13D,14D;. The Balaban J connectivity index is 0.000000105. The molecule has 32 aromatic rings. The summed E-state index contributed by atoms with van der Waals surface area (Å²) in [5.74, 6) is 3.12. The van der Waals surface area contributed by atoms with E-state index in [2.05, 4.69) is 347 Å². The molecule has 9 aromatic heterocycles. The molecular weight excluding hydrogens is 1820 g/mol. The van der Waals surface area contributed by atoms with Crippen LogP contribution in [0.3, 0.4) is 0 Å². The third-order valence-corrected chi connectivity index (χ3v) is 31.5. The monoisotopic (exact) mass is 1900 g/mol. The highest BCUT2D eigenvalue weighted by Crippen LogP contribution is 2.55. The zero-order valence-electron chi connectivity index (χ0n) is 82.8. The van der Waals surface area contributed by atoms with Gasteiger partial charge in [-0.2, -0.15) is 0 Å². The first-order chi connectivity index (χ1) is 74.5. The molecule has 146 heavy (non-hydrogen) atoms. The first kappa shape index (κ1) is 77.7. The van der Waals surface area contributed by atoms with E-state index in [-0.39, 0.29) is 23.3 Å². The van der Waals surface area contributed by atoms with Gasteiger partial charge in [-0.25, -0.2) is 34.9 Å². The molecule has 0 atom stereocenters. The molecule has 0 fully saturated rings. The lowest BCUT2D eigenvalue weighted by Gasteiger charge is -2.15. The molecule has 0 aliphatic rings. The van der Waals surface area contributed by atoms with Crippen molar-refractivity contribution in [2.75, 3.05) is 0 Å². The maximum absolute atomic E-state index is 8.95. The molecule has 0 saturated carbocycles. The summed E-state index contributed by atoms with van der Waals surface area (Å²) in [5, 5.41) is 28.5. The van der Waals surface area contributed by atoms with Gasteiger partial charge in [0.05, 0.1) is 67.4 Å². The Morgan fingerprint density at radius 1 is 0.205 bits per heavy atom. The van der Waals surface area contributed by atoms with E-state index in [1.807, 2.05) is 121 Å². The first-order valence-electron chi connectivity index (χ1n) is 51.3. The number of furan rings is 1. The van der Waals surface area contributed by atoms with Gasteiger partial charge in [-0.1, -0.05) is 406 Å². The van der Waals surface area contributed by atoms with E-state index in [0.29, 0.717) is 34.3 Å². The largest absolute Gasteiger partial charge is 0.455 e. The number of nitrogens with zero attached hydrogens (tertiary/aromatic N) is 10. The fourth-order valence-electron chi connectivity index (χ4n) is 22.6. The van der Waals surface area contributed by atoms with Gasteiger partial charge in [0.15, 0.2) is 29.1 Å². The average Bonchev–Trinajstić information content (AvgIpc) is 1.54. The molecule has 0 aliphatic carbocycles. The minimum absolute atomic E-state index is 0.0175. The van der Waals surface area contributed by atoms with Crippen molar-refractivity contribution in [3.63, 3.8) is 0 Å². The van der Waals surface area contributed by atoms with E-state index in [0.717, 1.165) is 143 Å². The van der Waals surface area contributed by atoms with Crippen LogP contribution < -0.4 is 0 Å². The summed E-state index contributed by atoms with van der Waals surface area (Å²) in [6.07, 6.45) is 0. The van der Waals surface area contributed by atoms with Gasteiger partial charge in [-0.15, -0.1) is 22.7 Å². The maximum Gasteiger partial charge on any atom is 0.165 e. The Morgan fingerprint density at radius 2 is 0.555 bits per heavy atom. The molecule has 23 aromatic carbocycles. The van der Waals surface area contributed by atoms with Crippen molar-refractivity contribution in [3.8, 4) is 85.1 Å². The zero-order chi connectivity index (χ0) is 100. The molecule has 0 saturated heterocycles. The minimum Gasteiger partial charge on any atom is -0.455 e. The third-order valence-electron chi connectivity index (χ3n) is 29.0. The van der Waals surface area contributed by atoms with E-state index < -0.39 is 18.1 Å². The number of rotatable bonds is 9. The number of aromatic nitrogens is 10. The molecule has 11 nitrogen and oxygen atoms in total. The third kappa shape index (κ3) is 13.0. The molecule has 9 heterocycles. The van der Waals surface area contributed by atoms with Crippen molar-refractivity contribution in [2.45, 2.75) is 0 Å². The molecule has 0 bridgehead atoms. The molecular formula is C133H78N10OS2. The molecule has 0 unspecified atom stereocenters. The van der Waals surface area contributed by atoms with E-state index >= 15 is 0 Å². The molecule has 13 heteroatoms. The van der Waals surface area contributed by atoms with E-state index in [1.54, 1.807) is 11.3 Å². The second kappa shape index (κ2) is 33.3. The second-order valence-corrected chi connectivity index (χ2v) is 39.1. The number of benzene rings is 23. The van der Waals surface area contributed by atoms with Gasteiger partial charge in [0.25, 0.3) is 0 Å². The lowest BCUT2D eigenvalue weighted by atomic mass is 9.98. The van der Waals surface area contributed by atoms with Crippen LogP contribution >= 0.6 is 22.7 Å². The minimum atomic E-state index is -0.448. The summed E-state index contributed by atoms with van der Waals surface area (Å²) < 4.78 is 61.9. The van der Waals surface area contributed by atoms with Gasteiger partial charge >= 0.3 is 0 Å². The summed E-state index contributed by atoms with van der Waals surface area (Å²) in [5.41, 5.74) is 19.4. The number of hydrogen-bond acceptors (Lipinski definition) is 10. The molecule has 0 aliphatic heterocycles. The van der Waals surface area contributed by atoms with Gasteiger partial charge in [-0.3, -0.25) is 9.13 Å². The number of hydrogen-bond donors (Lipinski definition) is 0. The summed E-state index contributed by atoms with van der Waals surface area (Å²) in [6, 6.07) is 153. The van der Waals surface area contributed by atoms with Crippen LogP contribution in [0, 0.1) is 0 Å². The van der Waals surface area contributed by atoms with Crippen LogP contribution in [0.4, 0.5) is 0 Å². The van der Waals surface area contributed by atoms with Gasteiger partial charge in [-0.05, 0) is 121 Å². The predicted octanol–water partition coefficient (Wildman–Crippen LogP) is 36.0. The summed E-state index contributed by atoms with van der Waals surface area (Å²) in [7, 11) is 0. The van der Waals surface area contributed by atoms with Gasteiger partial charge in [0.1, 0.15) is 22.6 Å². The Kier molecular flexibility index (Phi) is 17.7. The molecule has 0 radical (unpaired) electrons. The van der Waals surface area contributed by atoms with Crippen molar-refractivity contribution < 1.29 is 11.3 Å². The Hall–Kier alpha value is -19.1. The molecule has 0 N–H and O–H groups in total. The van der Waals surface area contributed by atoms with Gasteiger partial charge in [0.2, 0.25) is 0 Å². The van der Waals surface area contributed by atoms with Crippen molar-refractivity contribution in [1.29, 1.82) is 0 Å². The summed E-state index contributed by atoms with van der Waals surface area (Å²) in [6.45, 7) is 0. The van der Waals surface area contributed by atoms with Crippen molar-refractivity contribution in [3.05, 3.63) is 473 Å². The van der Waals surface area contributed by atoms with Gasteiger partial charge < -0.3 is 8.98 Å². The first-order valence-corrected chi connectivity index (χ1v) is 50.5. The van der Waals surface area contributed by atoms with E-state index in [9.17, 15) is 0 Å². The summed E-state index contributed by atoms with van der Waals surface area (Å²) >= 11 is 3.71. The van der Waals surface area contributed by atoms with Crippen LogP contribution in [0.2, 0.25) is 0 Å². The SMILES string of the molecule is [2H]c1c([2H])c([2H])c(-c2nc3ccccc3nc2-n2c3ccccc3c3c4sc5c6ccccc6ccc5c4c4ccccc4c32)c([2H])c1[2H].c1ccc(-c2ccc(-c3nc(-c4ccccc4)nc(-c4ccc(-n5c6c7ccccc7ccc6c6c7oc8ccccc8c7c7ccccc7c65)cc4)n3)cc2)cc1.c1ccc(-c2nc3ccccc3nc2-n2c3ccccc3c3c4sc5c6ccccc6ccc5c4c4ccccc4c32)cc1. The Labute approximate surface area is 849 Å². The smallest absolute Gasteiger partial charge is 0.165 e. The number of fused-ring (bicyclic) bond motifs is 38. The average molecular weight is 1900 g/mol. The van der Waals surface area contributed by atoms with Crippen molar-refractivity contribution in [1.82, 2.24) is 48.6 Å². The zero-order valence-corrected chi connectivity index (χ0v) is 79.5. The van der Waals surface area contributed by atoms with Crippen LogP contribution in [0.15, 0.2) is 477 Å².